The third-order valence-electron chi connectivity index (χ3n) is 4.72. The van der Waals surface area contributed by atoms with Gasteiger partial charge in [-0.1, -0.05) is 6.92 Å². The van der Waals surface area contributed by atoms with Crippen molar-refractivity contribution in [3.8, 4) is 0 Å². The molecular formula is C18H24N4O2. The van der Waals surface area contributed by atoms with Crippen molar-refractivity contribution in [2.24, 2.45) is 7.05 Å². The fourth-order valence-electron chi connectivity index (χ4n) is 3.33. The summed E-state index contributed by atoms with van der Waals surface area (Å²) in [5.41, 5.74) is 1.81. The van der Waals surface area contributed by atoms with Crippen LogP contribution >= 0.6 is 0 Å². The Morgan fingerprint density at radius 3 is 2.71 bits per heavy atom. The number of aryl methyl sites for hydroxylation is 1. The molecule has 0 saturated carbocycles. The summed E-state index contributed by atoms with van der Waals surface area (Å²) in [6.45, 7) is 4.56. The molecule has 128 valence electrons. The first-order valence-corrected chi connectivity index (χ1v) is 8.31. The molecule has 1 amide bonds. The predicted molar refractivity (Wildman–Crippen MR) is 91.4 cm³/mol. The van der Waals surface area contributed by atoms with Crippen LogP contribution in [0.1, 0.15) is 23.0 Å². The first-order valence-electron chi connectivity index (χ1n) is 8.31. The molecule has 24 heavy (non-hydrogen) atoms. The van der Waals surface area contributed by atoms with Crippen LogP contribution in [-0.2, 0) is 13.6 Å². The van der Waals surface area contributed by atoms with Gasteiger partial charge in [0.25, 0.3) is 5.91 Å². The number of likely N-dealkylation sites (N-methyl/N-ethyl adjacent to an activating group) is 1. The van der Waals surface area contributed by atoms with Crippen LogP contribution in [0.3, 0.4) is 0 Å². The molecule has 6 nitrogen and oxygen atoms in total. The van der Waals surface area contributed by atoms with Gasteiger partial charge in [-0.15, -0.1) is 0 Å². The van der Waals surface area contributed by atoms with E-state index in [1.807, 2.05) is 42.1 Å². The van der Waals surface area contributed by atoms with Gasteiger partial charge in [0, 0.05) is 45.3 Å². The average Bonchev–Trinajstić information content (AvgIpc) is 3.19. The highest BCUT2D eigenvalue weighted by Crippen LogP contribution is 2.20. The normalized spacial score (nSPS) is 20.8. The lowest BCUT2D eigenvalue weighted by atomic mass is 10.1. The quantitative estimate of drug-likeness (QED) is 0.894. The highest BCUT2D eigenvalue weighted by Gasteiger charge is 2.37. The summed E-state index contributed by atoms with van der Waals surface area (Å²) in [5.74, 6) is -0.0241. The van der Waals surface area contributed by atoms with Crippen molar-refractivity contribution in [1.29, 1.82) is 0 Å². The Morgan fingerprint density at radius 2 is 2.08 bits per heavy atom. The third-order valence-corrected chi connectivity index (χ3v) is 4.72. The van der Waals surface area contributed by atoms with Gasteiger partial charge in [-0.25, -0.2) is 0 Å². The van der Waals surface area contributed by atoms with E-state index in [0.29, 0.717) is 18.8 Å². The molecule has 1 N–H and O–H groups in total. The first-order chi connectivity index (χ1) is 11.6. The van der Waals surface area contributed by atoms with E-state index in [0.717, 1.165) is 18.7 Å². The minimum Gasteiger partial charge on any atom is -0.390 e. The molecule has 0 spiro atoms. The van der Waals surface area contributed by atoms with Crippen LogP contribution in [-0.4, -0.2) is 62.1 Å². The SMILES string of the molecule is CCN(Cc1ccncc1)[C@@H]1CN(C(=O)c2cccn2C)C[C@H]1O. The zero-order valence-corrected chi connectivity index (χ0v) is 14.2. The number of aliphatic hydroxyl groups is 1. The van der Waals surface area contributed by atoms with Crippen LogP contribution in [0.5, 0.6) is 0 Å². The van der Waals surface area contributed by atoms with Crippen molar-refractivity contribution in [3.63, 3.8) is 0 Å². The Labute approximate surface area is 142 Å². The van der Waals surface area contributed by atoms with Crippen LogP contribution in [0.2, 0.25) is 0 Å². The summed E-state index contributed by atoms with van der Waals surface area (Å²) < 4.78 is 1.82. The number of carbonyl (C=O) groups is 1. The largest absolute Gasteiger partial charge is 0.390 e. The minimum absolute atomic E-state index is 0.0241. The second-order valence-corrected chi connectivity index (χ2v) is 6.27. The van der Waals surface area contributed by atoms with Gasteiger partial charge in [0.1, 0.15) is 5.69 Å². The molecule has 6 heteroatoms. The number of β-amino-alcohol motifs (C(OH)–C–C–N with tert-alkyl or cyclic N) is 1. The van der Waals surface area contributed by atoms with Crippen LogP contribution in [0.15, 0.2) is 42.9 Å². The summed E-state index contributed by atoms with van der Waals surface area (Å²) in [5, 5.41) is 10.5. The second-order valence-electron chi connectivity index (χ2n) is 6.27. The Bertz CT molecular complexity index is 685. The molecule has 0 aliphatic carbocycles. The van der Waals surface area contributed by atoms with E-state index in [-0.39, 0.29) is 11.9 Å². The number of pyridine rings is 1. The molecule has 2 atom stereocenters. The number of rotatable bonds is 5. The lowest BCUT2D eigenvalue weighted by Gasteiger charge is -2.29. The van der Waals surface area contributed by atoms with E-state index >= 15 is 0 Å². The van der Waals surface area contributed by atoms with Gasteiger partial charge in [0.05, 0.1) is 12.1 Å². The van der Waals surface area contributed by atoms with Crippen molar-refractivity contribution >= 4 is 5.91 Å². The number of likely N-dealkylation sites (tertiary alicyclic amines) is 1. The van der Waals surface area contributed by atoms with Crippen LogP contribution in [0.4, 0.5) is 0 Å². The Morgan fingerprint density at radius 1 is 1.33 bits per heavy atom. The van der Waals surface area contributed by atoms with Crippen molar-refractivity contribution in [1.82, 2.24) is 19.4 Å². The Balaban J connectivity index is 1.70. The molecular weight excluding hydrogens is 304 g/mol. The maximum absolute atomic E-state index is 12.7. The van der Waals surface area contributed by atoms with E-state index in [1.165, 1.54) is 0 Å². The molecule has 0 unspecified atom stereocenters. The molecule has 1 aliphatic heterocycles. The number of hydrogen-bond donors (Lipinski definition) is 1. The van der Waals surface area contributed by atoms with E-state index in [9.17, 15) is 9.90 Å². The Kier molecular flexibility index (Phi) is 4.97. The highest BCUT2D eigenvalue weighted by atomic mass is 16.3. The van der Waals surface area contributed by atoms with Gasteiger partial charge in [0.2, 0.25) is 0 Å². The number of aromatic nitrogens is 2. The van der Waals surface area contributed by atoms with Crippen molar-refractivity contribution in [2.75, 3.05) is 19.6 Å². The van der Waals surface area contributed by atoms with E-state index < -0.39 is 6.10 Å². The number of carbonyl (C=O) groups excluding carboxylic acids is 1. The van der Waals surface area contributed by atoms with Crippen molar-refractivity contribution < 1.29 is 9.90 Å². The minimum atomic E-state index is -0.531. The lowest BCUT2D eigenvalue weighted by molar-refractivity contribution is 0.0750. The average molecular weight is 328 g/mol. The first kappa shape index (κ1) is 16.7. The zero-order chi connectivity index (χ0) is 17.1. The summed E-state index contributed by atoms with van der Waals surface area (Å²) in [7, 11) is 1.86. The second kappa shape index (κ2) is 7.15. The Hall–Kier alpha value is -2.18. The zero-order valence-electron chi connectivity index (χ0n) is 14.2. The number of hydrogen-bond acceptors (Lipinski definition) is 4. The van der Waals surface area contributed by atoms with E-state index in [1.54, 1.807) is 17.3 Å². The molecule has 2 aromatic heterocycles. The van der Waals surface area contributed by atoms with Gasteiger partial charge >= 0.3 is 0 Å². The molecule has 2 aromatic rings. The fourth-order valence-corrected chi connectivity index (χ4v) is 3.33. The van der Waals surface area contributed by atoms with E-state index in [2.05, 4.69) is 16.8 Å². The van der Waals surface area contributed by atoms with Crippen LogP contribution < -0.4 is 0 Å². The standard InChI is InChI=1S/C18H24N4O2/c1-3-21(11-14-6-8-19-9-7-14)16-12-22(13-17(16)23)18(24)15-5-4-10-20(15)2/h4-10,16-17,23H,3,11-13H2,1-2H3/t16-,17-/m1/s1. The monoisotopic (exact) mass is 328 g/mol. The molecule has 0 radical (unpaired) electrons. The summed E-state index contributed by atoms with van der Waals surface area (Å²) in [4.78, 5) is 20.7. The third kappa shape index (κ3) is 3.34. The molecule has 3 rings (SSSR count). The van der Waals surface area contributed by atoms with E-state index in [4.69, 9.17) is 0 Å². The van der Waals surface area contributed by atoms with Gasteiger partial charge < -0.3 is 14.6 Å². The number of nitrogens with zero attached hydrogens (tertiary/aromatic N) is 4. The lowest BCUT2D eigenvalue weighted by Crippen LogP contribution is -2.43. The molecule has 1 fully saturated rings. The maximum Gasteiger partial charge on any atom is 0.270 e. The molecule has 1 saturated heterocycles. The summed E-state index contributed by atoms with van der Waals surface area (Å²) in [6.07, 6.45) is 4.88. The number of aliphatic hydroxyl groups excluding tert-OH is 1. The topological polar surface area (TPSA) is 61.6 Å². The van der Waals surface area contributed by atoms with Crippen molar-refractivity contribution in [3.05, 3.63) is 54.1 Å². The van der Waals surface area contributed by atoms with Gasteiger partial charge in [-0.3, -0.25) is 14.7 Å². The molecule has 1 aliphatic rings. The van der Waals surface area contributed by atoms with Crippen molar-refractivity contribution in [2.45, 2.75) is 25.6 Å². The van der Waals surface area contributed by atoms with Gasteiger partial charge in [-0.05, 0) is 36.4 Å². The van der Waals surface area contributed by atoms with Crippen LogP contribution in [0, 0.1) is 0 Å². The maximum atomic E-state index is 12.7. The van der Waals surface area contributed by atoms with Crippen LogP contribution in [0.25, 0.3) is 0 Å². The number of amides is 1. The predicted octanol–water partition coefficient (Wildman–Crippen LogP) is 1.13. The fraction of sp³-hybridized carbons (Fsp3) is 0.444. The summed E-state index contributed by atoms with van der Waals surface area (Å²) >= 11 is 0. The van der Waals surface area contributed by atoms with Gasteiger partial charge in [0.15, 0.2) is 0 Å². The highest BCUT2D eigenvalue weighted by molar-refractivity contribution is 5.93. The van der Waals surface area contributed by atoms with Gasteiger partial charge in [-0.2, -0.15) is 0 Å². The molecule has 3 heterocycles. The smallest absolute Gasteiger partial charge is 0.270 e. The summed E-state index contributed by atoms with van der Waals surface area (Å²) in [6, 6.07) is 7.59. The molecule has 0 bridgehead atoms. The molecule has 0 aromatic carbocycles.